The van der Waals surface area contributed by atoms with Crippen molar-refractivity contribution in [2.75, 3.05) is 14.2 Å². The zero-order valence-electron chi connectivity index (χ0n) is 12.3. The predicted octanol–water partition coefficient (Wildman–Crippen LogP) is 2.83. The van der Waals surface area contributed by atoms with E-state index in [2.05, 4.69) is 0 Å². The summed E-state index contributed by atoms with van der Waals surface area (Å²) < 4.78 is 5.70. The molecule has 110 valence electrons. The van der Waals surface area contributed by atoms with E-state index in [1.807, 2.05) is 54.6 Å². The molecule has 4 heteroatoms. The second-order valence-corrected chi connectivity index (χ2v) is 4.67. The van der Waals surface area contributed by atoms with Crippen LogP contribution < -0.4 is 4.74 Å². The van der Waals surface area contributed by atoms with Crippen LogP contribution in [0.5, 0.6) is 5.75 Å². The van der Waals surface area contributed by atoms with E-state index in [1.54, 1.807) is 7.05 Å². The molecular weight excluding hydrogens is 266 g/mol. The third-order valence-corrected chi connectivity index (χ3v) is 3.15. The van der Waals surface area contributed by atoms with Crippen molar-refractivity contribution in [1.29, 1.82) is 0 Å². The zero-order valence-corrected chi connectivity index (χ0v) is 12.3. The van der Waals surface area contributed by atoms with Gasteiger partial charge in [-0.05, 0) is 23.3 Å². The average Bonchev–Trinajstić information content (AvgIpc) is 2.54. The normalized spacial score (nSPS) is 10.2. The summed E-state index contributed by atoms with van der Waals surface area (Å²) in [6, 6.07) is 17.5. The molecule has 4 nitrogen and oxygen atoms in total. The molecule has 0 aliphatic heterocycles. The number of carbonyl (C=O) groups excluding carboxylic acids is 1. The van der Waals surface area contributed by atoms with Gasteiger partial charge in [-0.15, -0.1) is 0 Å². The molecule has 0 heterocycles. The first-order valence-corrected chi connectivity index (χ1v) is 6.75. The largest absolute Gasteiger partial charge is 0.489 e. The van der Waals surface area contributed by atoms with Gasteiger partial charge < -0.3 is 4.74 Å². The summed E-state index contributed by atoms with van der Waals surface area (Å²) in [4.78, 5) is 16.6. The SMILES string of the molecule is CON(C)C(=O)Cc1ccc(OCc2ccccc2)cc1. The van der Waals surface area contributed by atoms with Crippen LogP contribution in [-0.4, -0.2) is 25.1 Å². The Labute approximate surface area is 124 Å². The number of nitrogens with zero attached hydrogens (tertiary/aromatic N) is 1. The molecule has 0 radical (unpaired) electrons. The Hall–Kier alpha value is -2.33. The van der Waals surface area contributed by atoms with Crippen LogP contribution in [0.1, 0.15) is 11.1 Å². The minimum absolute atomic E-state index is 0.0875. The maximum absolute atomic E-state index is 11.7. The van der Waals surface area contributed by atoms with E-state index >= 15 is 0 Å². The van der Waals surface area contributed by atoms with E-state index in [-0.39, 0.29) is 5.91 Å². The summed E-state index contributed by atoms with van der Waals surface area (Å²) in [6.45, 7) is 0.533. The molecule has 1 amide bonds. The summed E-state index contributed by atoms with van der Waals surface area (Å²) in [5.74, 6) is 0.700. The third kappa shape index (κ3) is 4.61. The monoisotopic (exact) mass is 285 g/mol. The van der Waals surface area contributed by atoms with Gasteiger partial charge >= 0.3 is 0 Å². The maximum Gasteiger partial charge on any atom is 0.250 e. The van der Waals surface area contributed by atoms with Crippen LogP contribution in [0.15, 0.2) is 54.6 Å². The van der Waals surface area contributed by atoms with Crippen LogP contribution in [0.25, 0.3) is 0 Å². The fourth-order valence-electron chi connectivity index (χ4n) is 1.83. The highest BCUT2D eigenvalue weighted by Gasteiger charge is 2.08. The van der Waals surface area contributed by atoms with Gasteiger partial charge in [-0.1, -0.05) is 42.5 Å². The van der Waals surface area contributed by atoms with Crippen molar-refractivity contribution in [2.45, 2.75) is 13.0 Å². The lowest BCUT2D eigenvalue weighted by Gasteiger charge is -2.13. The number of benzene rings is 2. The zero-order chi connectivity index (χ0) is 15.1. The molecule has 0 atom stereocenters. The number of ether oxygens (including phenoxy) is 1. The molecule has 0 saturated heterocycles. The minimum atomic E-state index is -0.0875. The first-order chi connectivity index (χ1) is 10.2. The number of rotatable bonds is 6. The fraction of sp³-hybridized carbons (Fsp3) is 0.235. The molecule has 0 fully saturated rings. The van der Waals surface area contributed by atoms with Crippen molar-refractivity contribution < 1.29 is 14.4 Å². The molecule has 0 aliphatic carbocycles. The number of amides is 1. The van der Waals surface area contributed by atoms with Crippen LogP contribution in [0.3, 0.4) is 0 Å². The Kier molecular flexibility index (Phi) is 5.35. The van der Waals surface area contributed by atoms with Crippen molar-refractivity contribution in [3.05, 3.63) is 65.7 Å². The van der Waals surface area contributed by atoms with Crippen molar-refractivity contribution >= 4 is 5.91 Å². The quantitative estimate of drug-likeness (QED) is 0.766. The number of hydrogen-bond donors (Lipinski definition) is 0. The lowest BCUT2D eigenvalue weighted by Crippen LogP contribution is -2.26. The number of hydroxylamine groups is 2. The Balaban J connectivity index is 1.88. The highest BCUT2D eigenvalue weighted by molar-refractivity contribution is 5.77. The van der Waals surface area contributed by atoms with Crippen LogP contribution in [0, 0.1) is 0 Å². The Morgan fingerprint density at radius 2 is 1.67 bits per heavy atom. The Morgan fingerprint density at radius 1 is 1.00 bits per heavy atom. The van der Waals surface area contributed by atoms with Gasteiger partial charge in [-0.3, -0.25) is 9.63 Å². The Bertz CT molecular complexity index is 566. The van der Waals surface area contributed by atoms with Crippen LogP contribution in [-0.2, 0) is 22.7 Å². The molecule has 0 bridgehead atoms. The highest BCUT2D eigenvalue weighted by Crippen LogP contribution is 2.15. The smallest absolute Gasteiger partial charge is 0.250 e. The third-order valence-electron chi connectivity index (χ3n) is 3.15. The van der Waals surface area contributed by atoms with E-state index < -0.39 is 0 Å². The first kappa shape index (κ1) is 15.1. The number of likely N-dealkylation sites (N-methyl/N-ethyl adjacent to an activating group) is 1. The average molecular weight is 285 g/mol. The molecular formula is C17H19NO3. The summed E-state index contributed by atoms with van der Waals surface area (Å²) in [6.07, 6.45) is 0.309. The van der Waals surface area contributed by atoms with E-state index in [1.165, 1.54) is 12.2 Å². The fourth-order valence-corrected chi connectivity index (χ4v) is 1.83. The standard InChI is InChI=1S/C17H19NO3/c1-18(20-2)17(19)12-14-8-10-16(11-9-14)21-13-15-6-4-3-5-7-15/h3-11H,12-13H2,1-2H3. The molecule has 0 spiro atoms. The van der Waals surface area contributed by atoms with Gasteiger partial charge in [0.05, 0.1) is 13.5 Å². The highest BCUT2D eigenvalue weighted by atomic mass is 16.7. The van der Waals surface area contributed by atoms with Crippen molar-refractivity contribution in [1.82, 2.24) is 5.06 Å². The summed E-state index contributed by atoms with van der Waals surface area (Å²) in [5.41, 5.74) is 2.05. The molecule has 0 unspecified atom stereocenters. The molecule has 0 saturated carbocycles. The second-order valence-electron chi connectivity index (χ2n) is 4.67. The van der Waals surface area contributed by atoms with Gasteiger partial charge in [0.2, 0.25) is 5.91 Å². The number of carbonyl (C=O) groups is 1. The van der Waals surface area contributed by atoms with Gasteiger partial charge in [-0.25, -0.2) is 5.06 Å². The molecule has 0 aliphatic rings. The van der Waals surface area contributed by atoms with E-state index in [0.717, 1.165) is 16.9 Å². The van der Waals surface area contributed by atoms with Gasteiger partial charge in [0.1, 0.15) is 12.4 Å². The molecule has 0 aromatic heterocycles. The molecule has 0 N–H and O–H groups in total. The summed E-state index contributed by atoms with van der Waals surface area (Å²) >= 11 is 0. The predicted molar refractivity (Wildman–Crippen MR) is 80.7 cm³/mol. The molecule has 2 rings (SSSR count). The lowest BCUT2D eigenvalue weighted by molar-refractivity contribution is -0.167. The maximum atomic E-state index is 11.7. The number of hydrogen-bond acceptors (Lipinski definition) is 3. The summed E-state index contributed by atoms with van der Waals surface area (Å²) in [7, 11) is 3.07. The topological polar surface area (TPSA) is 38.8 Å². The Morgan fingerprint density at radius 3 is 2.29 bits per heavy atom. The molecule has 21 heavy (non-hydrogen) atoms. The van der Waals surface area contributed by atoms with E-state index in [9.17, 15) is 4.79 Å². The second kappa shape index (κ2) is 7.45. The molecule has 2 aromatic rings. The van der Waals surface area contributed by atoms with Crippen molar-refractivity contribution in [2.24, 2.45) is 0 Å². The van der Waals surface area contributed by atoms with Gasteiger partial charge in [0.25, 0.3) is 0 Å². The summed E-state index contributed by atoms with van der Waals surface area (Å²) in [5, 5.41) is 1.22. The first-order valence-electron chi connectivity index (χ1n) is 6.75. The van der Waals surface area contributed by atoms with Crippen LogP contribution in [0.2, 0.25) is 0 Å². The molecule has 2 aromatic carbocycles. The van der Waals surface area contributed by atoms with Crippen LogP contribution in [0.4, 0.5) is 0 Å². The minimum Gasteiger partial charge on any atom is -0.489 e. The van der Waals surface area contributed by atoms with Gasteiger partial charge in [-0.2, -0.15) is 0 Å². The van der Waals surface area contributed by atoms with Crippen LogP contribution >= 0.6 is 0 Å². The van der Waals surface area contributed by atoms with Gasteiger partial charge in [0, 0.05) is 7.05 Å². The van der Waals surface area contributed by atoms with Crippen molar-refractivity contribution in [3.8, 4) is 5.75 Å². The van der Waals surface area contributed by atoms with E-state index in [4.69, 9.17) is 9.57 Å². The lowest BCUT2D eigenvalue weighted by atomic mass is 10.1. The van der Waals surface area contributed by atoms with Gasteiger partial charge in [0.15, 0.2) is 0 Å². The van der Waals surface area contributed by atoms with Crippen molar-refractivity contribution in [3.63, 3.8) is 0 Å². The van der Waals surface area contributed by atoms with E-state index in [0.29, 0.717) is 13.0 Å².